The number of benzene rings is 4. The lowest BCUT2D eigenvalue weighted by atomic mass is 10.2. The van der Waals surface area contributed by atoms with Crippen LogP contribution in [0.15, 0.2) is 107 Å². The first kappa shape index (κ1) is 31.4. The first-order chi connectivity index (χ1) is 20.7. The highest BCUT2D eigenvalue weighted by Gasteiger charge is 2.27. The van der Waals surface area contributed by atoms with Gasteiger partial charge in [-0.3, -0.25) is 13.9 Å². The van der Waals surface area contributed by atoms with Crippen LogP contribution in [0.5, 0.6) is 11.5 Å². The van der Waals surface area contributed by atoms with Crippen molar-refractivity contribution in [2.24, 2.45) is 5.10 Å². The van der Waals surface area contributed by atoms with Crippen molar-refractivity contribution in [2.45, 2.75) is 4.90 Å². The number of halogens is 2. The van der Waals surface area contributed by atoms with Gasteiger partial charge in [0.2, 0.25) is 0 Å². The van der Waals surface area contributed by atoms with Gasteiger partial charge in [0.25, 0.3) is 21.8 Å². The van der Waals surface area contributed by atoms with E-state index in [0.717, 1.165) is 4.31 Å². The number of methoxy groups -OCH3 is 1. The van der Waals surface area contributed by atoms with Gasteiger partial charge in [-0.1, -0.05) is 35.3 Å². The Morgan fingerprint density at radius 2 is 1.51 bits per heavy atom. The second-order valence-corrected chi connectivity index (χ2v) is 11.5. The molecule has 0 heterocycles. The van der Waals surface area contributed by atoms with Crippen molar-refractivity contribution in [3.8, 4) is 11.5 Å². The van der Waals surface area contributed by atoms with Gasteiger partial charge in [-0.2, -0.15) is 5.10 Å². The molecular weight excluding hydrogens is 615 g/mol. The molecule has 0 aliphatic heterocycles. The van der Waals surface area contributed by atoms with Crippen LogP contribution in [0.3, 0.4) is 0 Å². The molecule has 4 aromatic carbocycles. The topological polar surface area (TPSA) is 126 Å². The lowest BCUT2D eigenvalue weighted by Gasteiger charge is -2.23. The molecule has 2 amide bonds. The summed E-state index contributed by atoms with van der Waals surface area (Å²) >= 11 is 12.0. The molecule has 0 radical (unpaired) electrons. The maximum absolute atomic E-state index is 13.5. The second-order valence-electron chi connectivity index (χ2n) is 8.84. The van der Waals surface area contributed by atoms with Crippen LogP contribution < -0.4 is 24.5 Å². The number of hydrazone groups is 1. The number of para-hydroxylation sites is 1. The Hall–Kier alpha value is -4.58. The lowest BCUT2D eigenvalue weighted by Crippen LogP contribution is -2.39. The molecule has 0 unspecified atom stereocenters. The van der Waals surface area contributed by atoms with Crippen LogP contribution in [0.1, 0.15) is 5.56 Å². The standard InChI is InChI=1S/C30H26Cl2N4O6S/c1-41-24-14-16-26(17-15-24)43(39,40)36(23-10-8-22(31)9-11-23)19-29(37)35-33-18-21-6-12-25(13-7-21)42-20-30(38)34-28-5-3-2-4-27(28)32/h2-18H,19-20H2,1H3,(H,34,38)(H,35,37)/b33-18+. The number of anilines is 2. The number of nitrogens with one attached hydrogen (secondary N) is 2. The number of hydrogen-bond acceptors (Lipinski definition) is 7. The normalized spacial score (nSPS) is 11.1. The first-order valence-corrected chi connectivity index (χ1v) is 14.9. The van der Waals surface area contributed by atoms with Crippen LogP contribution in [0.2, 0.25) is 10.0 Å². The smallest absolute Gasteiger partial charge is 0.264 e. The summed E-state index contributed by atoms with van der Waals surface area (Å²) in [5, 5.41) is 7.44. The zero-order valence-electron chi connectivity index (χ0n) is 22.7. The Morgan fingerprint density at radius 3 is 2.16 bits per heavy atom. The van der Waals surface area contributed by atoms with Crippen LogP contribution in [0.25, 0.3) is 0 Å². The third-order valence-electron chi connectivity index (χ3n) is 5.85. The molecule has 13 heteroatoms. The highest BCUT2D eigenvalue weighted by Crippen LogP contribution is 2.26. The number of amides is 2. The molecule has 2 N–H and O–H groups in total. The molecule has 4 aromatic rings. The zero-order valence-corrected chi connectivity index (χ0v) is 25.1. The molecule has 0 saturated carbocycles. The molecule has 0 aliphatic rings. The summed E-state index contributed by atoms with van der Waals surface area (Å²) in [6.07, 6.45) is 1.39. The summed E-state index contributed by atoms with van der Waals surface area (Å²) in [6.45, 7) is -0.769. The molecule has 0 bridgehead atoms. The van der Waals surface area contributed by atoms with Gasteiger partial charge in [-0.15, -0.1) is 0 Å². The second kappa shape index (κ2) is 14.5. The van der Waals surface area contributed by atoms with Gasteiger partial charge in [-0.25, -0.2) is 13.8 Å². The third-order valence-corrected chi connectivity index (χ3v) is 8.22. The fourth-order valence-corrected chi connectivity index (χ4v) is 5.42. The van der Waals surface area contributed by atoms with Crippen molar-refractivity contribution in [1.29, 1.82) is 0 Å². The summed E-state index contributed by atoms with van der Waals surface area (Å²) in [6, 6.07) is 25.4. The fourth-order valence-electron chi connectivity index (χ4n) is 3.69. The van der Waals surface area contributed by atoms with Crippen molar-refractivity contribution >= 4 is 62.6 Å². The SMILES string of the molecule is COc1ccc(S(=O)(=O)N(CC(=O)N/N=C/c2ccc(OCC(=O)Nc3ccccc3Cl)cc2)c2ccc(Cl)cc2)cc1. The average Bonchev–Trinajstić information content (AvgIpc) is 3.01. The Kier molecular flexibility index (Phi) is 10.6. The van der Waals surface area contributed by atoms with Crippen molar-refractivity contribution in [2.75, 3.05) is 29.9 Å². The van der Waals surface area contributed by atoms with Crippen LogP contribution >= 0.6 is 23.2 Å². The number of ether oxygens (including phenoxy) is 2. The van der Waals surface area contributed by atoms with Gasteiger partial charge < -0.3 is 14.8 Å². The maximum Gasteiger partial charge on any atom is 0.264 e. The highest BCUT2D eigenvalue weighted by molar-refractivity contribution is 7.92. The van der Waals surface area contributed by atoms with E-state index in [2.05, 4.69) is 15.8 Å². The monoisotopic (exact) mass is 640 g/mol. The van der Waals surface area contributed by atoms with E-state index in [9.17, 15) is 18.0 Å². The molecule has 10 nitrogen and oxygen atoms in total. The third kappa shape index (κ3) is 8.71. The number of nitrogens with zero attached hydrogens (tertiary/aromatic N) is 2. The first-order valence-electron chi connectivity index (χ1n) is 12.7. The summed E-state index contributed by atoms with van der Waals surface area (Å²) in [7, 11) is -2.65. The summed E-state index contributed by atoms with van der Waals surface area (Å²) in [5.41, 5.74) is 3.70. The summed E-state index contributed by atoms with van der Waals surface area (Å²) in [4.78, 5) is 24.9. The highest BCUT2D eigenvalue weighted by atomic mass is 35.5. The minimum atomic E-state index is -4.13. The quantitative estimate of drug-likeness (QED) is 0.158. The predicted octanol–water partition coefficient (Wildman–Crippen LogP) is 5.37. The molecule has 43 heavy (non-hydrogen) atoms. The van der Waals surface area contributed by atoms with Crippen LogP contribution in [0.4, 0.5) is 11.4 Å². The Morgan fingerprint density at radius 1 is 0.860 bits per heavy atom. The van der Waals surface area contributed by atoms with Gasteiger partial charge >= 0.3 is 0 Å². The lowest BCUT2D eigenvalue weighted by molar-refractivity contribution is -0.119. The largest absolute Gasteiger partial charge is 0.497 e. The number of carbonyl (C=O) groups is 2. The molecule has 0 fully saturated rings. The Balaban J connectivity index is 1.36. The molecule has 0 aliphatic carbocycles. The van der Waals surface area contributed by atoms with E-state index in [4.69, 9.17) is 32.7 Å². The molecule has 0 spiro atoms. The van der Waals surface area contributed by atoms with Gasteiger partial charge in [0.15, 0.2) is 6.61 Å². The predicted molar refractivity (Wildman–Crippen MR) is 167 cm³/mol. The van der Waals surface area contributed by atoms with Crippen LogP contribution in [-0.4, -0.2) is 46.7 Å². The molecule has 0 saturated heterocycles. The van der Waals surface area contributed by atoms with E-state index in [-0.39, 0.29) is 23.1 Å². The van der Waals surface area contributed by atoms with Gasteiger partial charge in [-0.05, 0) is 90.5 Å². The number of hydrogen-bond donors (Lipinski definition) is 2. The number of carbonyl (C=O) groups excluding carboxylic acids is 2. The van der Waals surface area contributed by atoms with Crippen LogP contribution in [-0.2, 0) is 19.6 Å². The number of rotatable bonds is 12. The number of sulfonamides is 1. The molecule has 4 rings (SSSR count). The molecule has 0 atom stereocenters. The van der Waals surface area contributed by atoms with E-state index in [1.165, 1.54) is 61.9 Å². The molecule has 222 valence electrons. The van der Waals surface area contributed by atoms with Crippen molar-refractivity contribution < 1.29 is 27.5 Å². The van der Waals surface area contributed by atoms with E-state index in [1.54, 1.807) is 48.5 Å². The fraction of sp³-hybridized carbons (Fsp3) is 0.100. The maximum atomic E-state index is 13.5. The van der Waals surface area contributed by atoms with E-state index in [0.29, 0.717) is 32.8 Å². The minimum absolute atomic E-state index is 0.0248. The Bertz CT molecular complexity index is 1700. The van der Waals surface area contributed by atoms with Crippen molar-refractivity contribution in [1.82, 2.24) is 5.43 Å². The van der Waals surface area contributed by atoms with Gasteiger partial charge in [0.1, 0.15) is 18.0 Å². The van der Waals surface area contributed by atoms with E-state index in [1.807, 2.05) is 0 Å². The summed E-state index contributed by atoms with van der Waals surface area (Å²) < 4.78 is 38.5. The van der Waals surface area contributed by atoms with Crippen molar-refractivity contribution in [3.63, 3.8) is 0 Å². The van der Waals surface area contributed by atoms with E-state index < -0.39 is 22.5 Å². The molecular formula is C30H26Cl2N4O6S. The van der Waals surface area contributed by atoms with Gasteiger partial charge in [0.05, 0.1) is 34.6 Å². The minimum Gasteiger partial charge on any atom is -0.497 e. The Labute approximate surface area is 258 Å². The van der Waals surface area contributed by atoms with Gasteiger partial charge in [0, 0.05) is 5.02 Å². The zero-order chi connectivity index (χ0) is 30.8. The molecule has 0 aromatic heterocycles. The van der Waals surface area contributed by atoms with Crippen molar-refractivity contribution in [3.05, 3.63) is 113 Å². The van der Waals surface area contributed by atoms with E-state index >= 15 is 0 Å². The average molecular weight is 642 g/mol. The summed E-state index contributed by atoms with van der Waals surface area (Å²) in [5.74, 6) is -0.115. The van der Waals surface area contributed by atoms with Crippen LogP contribution in [0, 0.1) is 0 Å².